The molecule has 2 aromatic rings. The van der Waals surface area contributed by atoms with Crippen molar-refractivity contribution in [2.45, 2.75) is 56.8 Å². The van der Waals surface area contributed by atoms with Crippen LogP contribution in [0.1, 0.15) is 67.9 Å². The number of carbonyl (C=O) groups is 1. The Labute approximate surface area is 181 Å². The van der Waals surface area contributed by atoms with E-state index in [1.165, 1.54) is 13.3 Å². The van der Waals surface area contributed by atoms with Crippen molar-refractivity contribution in [3.8, 4) is 11.8 Å². The molecule has 0 bridgehead atoms. The first-order chi connectivity index (χ1) is 15.0. The van der Waals surface area contributed by atoms with Gasteiger partial charge < -0.3 is 14.6 Å². The maximum absolute atomic E-state index is 14.2. The zero-order valence-electron chi connectivity index (χ0n) is 17.8. The molecule has 0 saturated heterocycles. The van der Waals surface area contributed by atoms with Crippen molar-refractivity contribution in [3.05, 3.63) is 47.5 Å². The second-order valence-corrected chi connectivity index (χ2v) is 8.75. The lowest BCUT2D eigenvalue weighted by Crippen LogP contribution is -2.20. The summed E-state index contributed by atoms with van der Waals surface area (Å²) < 4.78 is 25.3. The van der Waals surface area contributed by atoms with Crippen LogP contribution in [0.5, 0.6) is 11.8 Å². The first kappa shape index (κ1) is 21.5. The monoisotopic (exact) mass is 428 g/mol. The van der Waals surface area contributed by atoms with Crippen LogP contribution in [0.3, 0.4) is 0 Å². The van der Waals surface area contributed by atoms with Gasteiger partial charge in [-0.25, -0.2) is 14.4 Å². The topological polar surface area (TPSA) is 81.5 Å². The van der Waals surface area contributed by atoms with E-state index >= 15 is 0 Å². The van der Waals surface area contributed by atoms with Crippen molar-refractivity contribution in [1.29, 1.82) is 0 Å². The molecular formula is C24H29FN2O4. The lowest BCUT2D eigenvalue weighted by molar-refractivity contribution is -0.137. The molecule has 0 spiro atoms. The second kappa shape index (κ2) is 9.62. The van der Waals surface area contributed by atoms with Gasteiger partial charge in [-0.05, 0) is 79.4 Å². The Morgan fingerprint density at radius 3 is 2.61 bits per heavy atom. The first-order valence-corrected chi connectivity index (χ1v) is 11.0. The lowest BCUT2D eigenvalue weighted by Gasteiger charge is -2.29. The molecule has 2 aliphatic carbocycles. The lowest BCUT2D eigenvalue weighted by atomic mass is 9.79. The SMILES string of the molecule is COc1cc(C2CCC(COc3cc([C@@H](CC(=O)O)C4CC4)ccn3)CC2)c(F)cn1. The van der Waals surface area contributed by atoms with Crippen LogP contribution in [0, 0.1) is 17.7 Å². The summed E-state index contributed by atoms with van der Waals surface area (Å²) in [4.78, 5) is 19.5. The van der Waals surface area contributed by atoms with E-state index in [1.54, 1.807) is 12.3 Å². The zero-order chi connectivity index (χ0) is 21.8. The minimum atomic E-state index is -0.767. The highest BCUT2D eigenvalue weighted by Crippen LogP contribution is 2.45. The number of ether oxygens (including phenoxy) is 2. The summed E-state index contributed by atoms with van der Waals surface area (Å²) in [6.07, 6.45) is 8.97. The molecule has 2 aromatic heterocycles. The van der Waals surface area contributed by atoms with Gasteiger partial charge >= 0.3 is 5.97 Å². The molecule has 4 rings (SSSR count). The van der Waals surface area contributed by atoms with Crippen LogP contribution in [0.25, 0.3) is 0 Å². The number of pyridine rings is 2. The predicted molar refractivity (Wildman–Crippen MR) is 113 cm³/mol. The highest BCUT2D eigenvalue weighted by atomic mass is 19.1. The Balaban J connectivity index is 1.31. The molecule has 0 aliphatic heterocycles. The van der Waals surface area contributed by atoms with E-state index in [-0.39, 0.29) is 24.1 Å². The maximum atomic E-state index is 14.2. The van der Waals surface area contributed by atoms with Gasteiger partial charge in [0.2, 0.25) is 11.8 Å². The third kappa shape index (κ3) is 5.51. The van der Waals surface area contributed by atoms with Gasteiger partial charge in [0.15, 0.2) is 0 Å². The van der Waals surface area contributed by atoms with Crippen LogP contribution in [-0.2, 0) is 4.79 Å². The van der Waals surface area contributed by atoms with E-state index in [2.05, 4.69) is 9.97 Å². The molecule has 2 fully saturated rings. The van der Waals surface area contributed by atoms with E-state index in [4.69, 9.17) is 9.47 Å². The summed E-state index contributed by atoms with van der Waals surface area (Å²) in [6, 6.07) is 5.51. The van der Waals surface area contributed by atoms with Crippen molar-refractivity contribution in [2.75, 3.05) is 13.7 Å². The third-order valence-electron chi connectivity index (χ3n) is 6.60. The minimum Gasteiger partial charge on any atom is -0.481 e. The molecular weight excluding hydrogens is 399 g/mol. The fraction of sp³-hybridized carbons (Fsp3) is 0.542. The number of nitrogens with zero attached hydrogens (tertiary/aromatic N) is 2. The number of hydrogen-bond donors (Lipinski definition) is 1. The van der Waals surface area contributed by atoms with E-state index in [0.29, 0.717) is 35.8 Å². The van der Waals surface area contributed by atoms with Crippen LogP contribution in [0.15, 0.2) is 30.6 Å². The van der Waals surface area contributed by atoms with Crippen LogP contribution in [-0.4, -0.2) is 34.8 Å². The molecule has 1 atom stereocenters. The summed E-state index contributed by atoms with van der Waals surface area (Å²) in [6.45, 7) is 0.568. The Bertz CT molecular complexity index is 910. The summed E-state index contributed by atoms with van der Waals surface area (Å²) in [5, 5.41) is 9.23. The van der Waals surface area contributed by atoms with Crippen molar-refractivity contribution in [2.24, 2.45) is 11.8 Å². The van der Waals surface area contributed by atoms with E-state index < -0.39 is 5.97 Å². The third-order valence-corrected chi connectivity index (χ3v) is 6.60. The van der Waals surface area contributed by atoms with Crippen molar-refractivity contribution in [3.63, 3.8) is 0 Å². The fourth-order valence-electron chi connectivity index (χ4n) is 4.68. The molecule has 6 nitrogen and oxygen atoms in total. The van der Waals surface area contributed by atoms with Crippen molar-refractivity contribution < 1.29 is 23.8 Å². The average molecular weight is 429 g/mol. The quantitative estimate of drug-likeness (QED) is 0.609. The molecule has 2 saturated carbocycles. The maximum Gasteiger partial charge on any atom is 0.303 e. The number of aliphatic carboxylic acids is 1. The normalized spacial score (nSPS) is 22.0. The summed E-state index contributed by atoms with van der Waals surface area (Å²) >= 11 is 0. The molecule has 0 aromatic carbocycles. The van der Waals surface area contributed by atoms with Gasteiger partial charge in [-0.3, -0.25) is 4.79 Å². The van der Waals surface area contributed by atoms with Crippen LogP contribution >= 0.6 is 0 Å². The molecule has 166 valence electrons. The Morgan fingerprint density at radius 1 is 1.16 bits per heavy atom. The molecule has 2 aliphatic rings. The van der Waals surface area contributed by atoms with E-state index in [9.17, 15) is 14.3 Å². The summed E-state index contributed by atoms with van der Waals surface area (Å²) in [5.41, 5.74) is 1.69. The average Bonchev–Trinajstić information content (AvgIpc) is 3.62. The largest absolute Gasteiger partial charge is 0.481 e. The number of hydrogen-bond acceptors (Lipinski definition) is 5. The van der Waals surface area contributed by atoms with Crippen LogP contribution < -0.4 is 9.47 Å². The smallest absolute Gasteiger partial charge is 0.303 e. The van der Waals surface area contributed by atoms with Gasteiger partial charge in [-0.15, -0.1) is 0 Å². The molecule has 0 amide bonds. The number of halogens is 1. The standard InChI is InChI=1S/C24H29FN2O4/c1-30-22-11-20(21(25)13-27-22)17-4-2-15(3-5-17)14-31-23-10-18(8-9-26-23)19(12-24(28)29)16-6-7-16/h8-11,13,15-17,19H,2-7,12,14H2,1H3,(H,28,29)/t15?,17?,19-/m0/s1. The van der Waals surface area contributed by atoms with Gasteiger partial charge in [0, 0.05) is 18.3 Å². The molecule has 0 unspecified atom stereocenters. The Kier molecular flexibility index (Phi) is 6.68. The summed E-state index contributed by atoms with van der Waals surface area (Å²) in [5.74, 6) is 1.01. The molecule has 0 radical (unpaired) electrons. The second-order valence-electron chi connectivity index (χ2n) is 8.75. The van der Waals surface area contributed by atoms with Gasteiger partial charge in [0.25, 0.3) is 0 Å². The highest BCUT2D eigenvalue weighted by molar-refractivity contribution is 5.68. The molecule has 2 heterocycles. The number of rotatable bonds is 9. The van der Waals surface area contributed by atoms with Crippen molar-refractivity contribution >= 4 is 5.97 Å². The summed E-state index contributed by atoms with van der Waals surface area (Å²) in [7, 11) is 1.54. The predicted octanol–water partition coefficient (Wildman–Crippen LogP) is 4.95. The molecule has 7 heteroatoms. The first-order valence-electron chi connectivity index (χ1n) is 11.0. The number of carboxylic acid groups (broad SMARTS) is 1. The van der Waals surface area contributed by atoms with Gasteiger partial charge in [-0.1, -0.05) is 0 Å². The number of carboxylic acids is 1. The molecule has 1 N–H and O–H groups in total. The van der Waals surface area contributed by atoms with Crippen LogP contribution in [0.2, 0.25) is 0 Å². The van der Waals surface area contributed by atoms with E-state index in [1.807, 2.05) is 12.1 Å². The van der Waals surface area contributed by atoms with E-state index in [0.717, 1.165) is 44.1 Å². The van der Waals surface area contributed by atoms with Gasteiger partial charge in [0.05, 0.1) is 26.3 Å². The van der Waals surface area contributed by atoms with Crippen LogP contribution in [0.4, 0.5) is 4.39 Å². The Morgan fingerprint density at radius 2 is 1.94 bits per heavy atom. The van der Waals surface area contributed by atoms with Crippen molar-refractivity contribution in [1.82, 2.24) is 9.97 Å². The molecule has 31 heavy (non-hydrogen) atoms. The Hall–Kier alpha value is -2.70. The number of methoxy groups -OCH3 is 1. The number of aromatic nitrogens is 2. The zero-order valence-corrected chi connectivity index (χ0v) is 17.8. The highest BCUT2D eigenvalue weighted by Gasteiger charge is 2.34. The fourth-order valence-corrected chi connectivity index (χ4v) is 4.68. The minimum absolute atomic E-state index is 0.0329. The van der Waals surface area contributed by atoms with Gasteiger partial charge in [-0.2, -0.15) is 0 Å². The van der Waals surface area contributed by atoms with Gasteiger partial charge in [0.1, 0.15) is 5.82 Å².